The van der Waals surface area contributed by atoms with Crippen LogP contribution in [0.25, 0.3) is 0 Å². The first-order chi connectivity index (χ1) is 9.53. The summed E-state index contributed by atoms with van der Waals surface area (Å²) in [7, 11) is 0. The Morgan fingerprint density at radius 2 is 2.00 bits per heavy atom. The molecule has 2 N–H and O–H groups in total. The molecule has 0 heterocycles. The second kappa shape index (κ2) is 4.77. The third-order valence-electron chi connectivity index (χ3n) is 4.41. The SMILES string of the molecule is O=C(NC1(C(=O)O)CCC1)[C@@H]1C[C@@H]1c1ccccc1Cl. The molecule has 0 spiro atoms. The van der Waals surface area contributed by atoms with Crippen molar-refractivity contribution in [3.05, 3.63) is 34.9 Å². The predicted octanol–water partition coefficient (Wildman–Crippen LogP) is 2.57. The van der Waals surface area contributed by atoms with Crippen LogP contribution >= 0.6 is 11.6 Å². The van der Waals surface area contributed by atoms with Crippen LogP contribution < -0.4 is 5.32 Å². The van der Waals surface area contributed by atoms with Crippen LogP contribution in [0.1, 0.15) is 37.2 Å². The lowest BCUT2D eigenvalue weighted by molar-refractivity contribution is -0.152. The van der Waals surface area contributed by atoms with E-state index in [1.54, 1.807) is 0 Å². The number of hydrogen-bond acceptors (Lipinski definition) is 2. The molecule has 1 aromatic rings. The molecule has 4 nitrogen and oxygen atoms in total. The van der Waals surface area contributed by atoms with Crippen molar-refractivity contribution < 1.29 is 14.7 Å². The number of carboxylic acid groups (broad SMARTS) is 1. The molecule has 0 aliphatic heterocycles. The van der Waals surface area contributed by atoms with Gasteiger partial charge in [0.25, 0.3) is 0 Å². The molecule has 106 valence electrons. The Labute approximate surface area is 122 Å². The first kappa shape index (κ1) is 13.4. The van der Waals surface area contributed by atoms with Gasteiger partial charge in [0.05, 0.1) is 0 Å². The summed E-state index contributed by atoms with van der Waals surface area (Å²) in [4.78, 5) is 23.4. The third-order valence-corrected chi connectivity index (χ3v) is 4.76. The lowest BCUT2D eigenvalue weighted by Gasteiger charge is -2.38. The monoisotopic (exact) mass is 293 g/mol. The minimum Gasteiger partial charge on any atom is -0.480 e. The van der Waals surface area contributed by atoms with Crippen LogP contribution in [0.5, 0.6) is 0 Å². The Kier molecular flexibility index (Phi) is 3.21. The molecule has 0 aromatic heterocycles. The van der Waals surface area contributed by atoms with E-state index in [0.29, 0.717) is 17.9 Å². The standard InChI is InChI=1S/C15H16ClNO3/c16-12-5-2-1-4-9(12)10-8-11(10)13(18)17-15(14(19)20)6-3-7-15/h1-2,4-5,10-11H,3,6-8H2,(H,17,18)(H,19,20)/t10-,11-/m1/s1. The summed E-state index contributed by atoms with van der Waals surface area (Å²) in [6, 6.07) is 7.50. The highest BCUT2D eigenvalue weighted by molar-refractivity contribution is 6.31. The van der Waals surface area contributed by atoms with E-state index >= 15 is 0 Å². The van der Waals surface area contributed by atoms with Crippen LogP contribution in [0, 0.1) is 5.92 Å². The van der Waals surface area contributed by atoms with Gasteiger partial charge in [-0.05, 0) is 43.2 Å². The summed E-state index contributed by atoms with van der Waals surface area (Å²) in [5.74, 6) is -1.11. The van der Waals surface area contributed by atoms with Gasteiger partial charge in [0.2, 0.25) is 5.91 Å². The molecule has 2 aliphatic carbocycles. The Morgan fingerprint density at radius 3 is 2.55 bits per heavy atom. The first-order valence-corrected chi connectivity index (χ1v) is 7.21. The summed E-state index contributed by atoms with van der Waals surface area (Å²) in [5, 5.41) is 12.6. The molecular weight excluding hydrogens is 278 g/mol. The average molecular weight is 294 g/mol. The van der Waals surface area contributed by atoms with Gasteiger partial charge < -0.3 is 10.4 Å². The highest BCUT2D eigenvalue weighted by atomic mass is 35.5. The Morgan fingerprint density at radius 1 is 1.30 bits per heavy atom. The van der Waals surface area contributed by atoms with Crippen molar-refractivity contribution in [2.24, 2.45) is 5.92 Å². The number of halogens is 1. The number of amides is 1. The number of benzene rings is 1. The number of carbonyl (C=O) groups is 2. The molecule has 1 amide bonds. The Hall–Kier alpha value is -1.55. The van der Waals surface area contributed by atoms with E-state index in [9.17, 15) is 14.7 Å². The number of carbonyl (C=O) groups excluding carboxylic acids is 1. The fraction of sp³-hybridized carbons (Fsp3) is 0.467. The molecule has 0 saturated heterocycles. The molecule has 2 atom stereocenters. The topological polar surface area (TPSA) is 66.4 Å². The van der Waals surface area contributed by atoms with E-state index in [4.69, 9.17) is 11.6 Å². The van der Waals surface area contributed by atoms with E-state index in [2.05, 4.69) is 5.32 Å². The molecule has 0 unspecified atom stereocenters. The van der Waals surface area contributed by atoms with Gasteiger partial charge in [-0.25, -0.2) is 4.79 Å². The molecule has 5 heteroatoms. The van der Waals surface area contributed by atoms with E-state index in [0.717, 1.165) is 18.4 Å². The smallest absolute Gasteiger partial charge is 0.329 e. The van der Waals surface area contributed by atoms with Crippen LogP contribution in [0.15, 0.2) is 24.3 Å². The fourth-order valence-corrected chi connectivity index (χ4v) is 3.13. The number of nitrogens with one attached hydrogen (secondary N) is 1. The van der Waals surface area contributed by atoms with Crippen molar-refractivity contribution in [2.75, 3.05) is 0 Å². The lowest BCUT2D eigenvalue weighted by Crippen LogP contribution is -2.59. The summed E-state index contributed by atoms with van der Waals surface area (Å²) >= 11 is 6.13. The van der Waals surface area contributed by atoms with Crippen LogP contribution in [-0.4, -0.2) is 22.5 Å². The highest BCUT2D eigenvalue weighted by Gasteiger charge is 2.51. The predicted molar refractivity (Wildman–Crippen MR) is 74.7 cm³/mol. The van der Waals surface area contributed by atoms with E-state index < -0.39 is 11.5 Å². The number of hydrogen-bond donors (Lipinski definition) is 2. The van der Waals surface area contributed by atoms with Crippen molar-refractivity contribution in [1.29, 1.82) is 0 Å². The van der Waals surface area contributed by atoms with Crippen LogP contribution in [0.2, 0.25) is 5.02 Å². The van der Waals surface area contributed by atoms with Gasteiger partial charge >= 0.3 is 5.97 Å². The maximum atomic E-state index is 12.2. The van der Waals surface area contributed by atoms with Gasteiger partial charge in [-0.1, -0.05) is 29.8 Å². The van der Waals surface area contributed by atoms with Crippen LogP contribution in [0.3, 0.4) is 0 Å². The summed E-state index contributed by atoms with van der Waals surface area (Å²) < 4.78 is 0. The molecule has 3 rings (SSSR count). The molecule has 1 aromatic carbocycles. The number of rotatable bonds is 4. The highest BCUT2D eigenvalue weighted by Crippen LogP contribution is 2.50. The van der Waals surface area contributed by atoms with Gasteiger partial charge in [-0.3, -0.25) is 4.79 Å². The maximum Gasteiger partial charge on any atom is 0.329 e. The van der Waals surface area contributed by atoms with Crippen molar-refractivity contribution in [3.8, 4) is 0 Å². The van der Waals surface area contributed by atoms with Gasteiger partial charge in [-0.2, -0.15) is 0 Å². The molecule has 2 fully saturated rings. The third kappa shape index (κ3) is 2.18. The molecule has 0 radical (unpaired) electrons. The van der Waals surface area contributed by atoms with E-state index in [1.807, 2.05) is 24.3 Å². The lowest BCUT2D eigenvalue weighted by atomic mass is 9.76. The van der Waals surface area contributed by atoms with Gasteiger partial charge in [0.15, 0.2) is 0 Å². The Bertz CT molecular complexity index is 568. The minimum absolute atomic E-state index is 0.120. The summed E-state index contributed by atoms with van der Waals surface area (Å²) in [6.07, 6.45) is 2.64. The Balaban J connectivity index is 1.66. The quantitative estimate of drug-likeness (QED) is 0.896. The van der Waals surface area contributed by atoms with E-state index in [1.165, 1.54) is 0 Å². The minimum atomic E-state index is -1.02. The molecule has 2 saturated carbocycles. The second-order valence-corrected chi connectivity index (χ2v) is 6.11. The maximum absolute atomic E-state index is 12.2. The van der Waals surface area contributed by atoms with Crippen molar-refractivity contribution in [1.82, 2.24) is 5.32 Å². The van der Waals surface area contributed by atoms with Crippen LogP contribution in [-0.2, 0) is 9.59 Å². The number of carboxylic acids is 1. The zero-order valence-corrected chi connectivity index (χ0v) is 11.7. The zero-order chi connectivity index (χ0) is 14.3. The van der Waals surface area contributed by atoms with E-state index in [-0.39, 0.29) is 17.7 Å². The second-order valence-electron chi connectivity index (χ2n) is 5.70. The molecule has 20 heavy (non-hydrogen) atoms. The van der Waals surface area contributed by atoms with Gasteiger partial charge in [0, 0.05) is 10.9 Å². The fourth-order valence-electron chi connectivity index (χ4n) is 2.86. The van der Waals surface area contributed by atoms with Crippen molar-refractivity contribution in [2.45, 2.75) is 37.1 Å². The number of aliphatic carboxylic acids is 1. The van der Waals surface area contributed by atoms with Gasteiger partial charge in [-0.15, -0.1) is 0 Å². The van der Waals surface area contributed by atoms with Crippen LogP contribution in [0.4, 0.5) is 0 Å². The zero-order valence-electron chi connectivity index (χ0n) is 10.9. The van der Waals surface area contributed by atoms with Crippen molar-refractivity contribution in [3.63, 3.8) is 0 Å². The summed E-state index contributed by atoms with van der Waals surface area (Å²) in [6.45, 7) is 0. The summed E-state index contributed by atoms with van der Waals surface area (Å²) in [5.41, 5.74) is -0.0441. The average Bonchev–Trinajstić information content (AvgIpc) is 3.13. The first-order valence-electron chi connectivity index (χ1n) is 6.83. The van der Waals surface area contributed by atoms with Gasteiger partial charge in [0.1, 0.15) is 5.54 Å². The van der Waals surface area contributed by atoms with Crippen molar-refractivity contribution >= 4 is 23.5 Å². The normalized spacial score (nSPS) is 26.4. The molecule has 0 bridgehead atoms. The molecular formula is C15H16ClNO3. The molecule has 2 aliphatic rings. The largest absolute Gasteiger partial charge is 0.480 e.